The second-order valence-electron chi connectivity index (χ2n) is 25.2. The van der Waals surface area contributed by atoms with Gasteiger partial charge in [-0.2, -0.15) is 0 Å². The van der Waals surface area contributed by atoms with Crippen LogP contribution in [-0.4, -0.2) is 96.7 Å². The minimum Gasteiger partial charge on any atom is -0.462 e. The standard InChI is InChI=1S/C67H130O17P2/c1-7-9-11-13-15-16-25-33-39-45-51-66(71)83-62(55-77-64(69)49-43-37-29-14-12-10-8-2)57-81-85(73,74)79-53-61(68)54-80-86(75,76)82-58-63(56-78-65(70)50-44-38-32-28-27-31-36-42-48-60(5)6)84-67(72)52-46-40-34-26-23-21-19-17-18-20-22-24-30-35-41-47-59(3)4/h59-63,68H,7-58H2,1-6H3,(H,73,74)(H,75,76)/t61-,62+,63+/m0/s1. The van der Waals surface area contributed by atoms with Crippen molar-refractivity contribution in [3.05, 3.63) is 0 Å². The predicted octanol–water partition coefficient (Wildman–Crippen LogP) is 18.8. The molecule has 19 heteroatoms. The van der Waals surface area contributed by atoms with Crippen LogP contribution in [0.4, 0.5) is 0 Å². The Balaban J connectivity index is 5.17. The second-order valence-corrected chi connectivity index (χ2v) is 28.1. The molecule has 0 saturated carbocycles. The molecule has 5 atom stereocenters. The van der Waals surface area contributed by atoms with Gasteiger partial charge in [-0.05, 0) is 37.5 Å². The van der Waals surface area contributed by atoms with Crippen molar-refractivity contribution in [2.24, 2.45) is 11.8 Å². The maximum absolute atomic E-state index is 13.0. The molecule has 0 fully saturated rings. The highest BCUT2D eigenvalue weighted by atomic mass is 31.2. The van der Waals surface area contributed by atoms with Crippen LogP contribution in [0.1, 0.15) is 337 Å². The van der Waals surface area contributed by atoms with Gasteiger partial charge in [0.1, 0.15) is 19.3 Å². The minimum atomic E-state index is -4.95. The monoisotopic (exact) mass is 1270 g/mol. The number of phosphoric ester groups is 2. The topological polar surface area (TPSA) is 237 Å². The Labute approximate surface area is 524 Å². The first-order valence-corrected chi connectivity index (χ1v) is 38.0. The molecule has 0 heterocycles. The first-order valence-electron chi connectivity index (χ1n) is 35.0. The van der Waals surface area contributed by atoms with Gasteiger partial charge in [0.2, 0.25) is 0 Å². The van der Waals surface area contributed by atoms with Crippen LogP contribution in [0.3, 0.4) is 0 Å². The van der Waals surface area contributed by atoms with Gasteiger partial charge in [0.25, 0.3) is 0 Å². The Morgan fingerprint density at radius 2 is 0.535 bits per heavy atom. The summed E-state index contributed by atoms with van der Waals surface area (Å²) in [4.78, 5) is 72.2. The highest BCUT2D eigenvalue weighted by Crippen LogP contribution is 2.45. The molecular formula is C67H130O17P2. The van der Waals surface area contributed by atoms with Gasteiger partial charge in [0.15, 0.2) is 12.2 Å². The van der Waals surface area contributed by atoms with Gasteiger partial charge in [0, 0.05) is 25.7 Å². The highest BCUT2D eigenvalue weighted by molar-refractivity contribution is 7.47. The Morgan fingerprint density at radius 1 is 0.314 bits per heavy atom. The number of unbranched alkanes of at least 4 members (excludes halogenated alkanes) is 36. The van der Waals surface area contributed by atoms with E-state index in [1.165, 1.54) is 141 Å². The fourth-order valence-electron chi connectivity index (χ4n) is 10.1. The zero-order valence-corrected chi connectivity index (χ0v) is 57.4. The number of carbonyl (C=O) groups is 4. The molecule has 0 aliphatic carbocycles. The number of phosphoric acid groups is 2. The molecule has 17 nitrogen and oxygen atoms in total. The molecule has 2 unspecified atom stereocenters. The van der Waals surface area contributed by atoms with Gasteiger partial charge in [-0.25, -0.2) is 9.13 Å². The van der Waals surface area contributed by atoms with Gasteiger partial charge < -0.3 is 33.8 Å². The van der Waals surface area contributed by atoms with E-state index in [-0.39, 0.29) is 25.7 Å². The molecule has 0 spiro atoms. The van der Waals surface area contributed by atoms with Crippen LogP contribution in [0.2, 0.25) is 0 Å². The lowest BCUT2D eigenvalue weighted by Crippen LogP contribution is -2.30. The fraction of sp³-hybridized carbons (Fsp3) is 0.940. The molecule has 0 rings (SSSR count). The number of aliphatic hydroxyl groups excluding tert-OH is 1. The number of ether oxygens (including phenoxy) is 4. The van der Waals surface area contributed by atoms with Crippen molar-refractivity contribution < 1.29 is 80.2 Å². The molecule has 0 aromatic carbocycles. The van der Waals surface area contributed by atoms with Gasteiger partial charge in [0.05, 0.1) is 26.4 Å². The summed E-state index contributed by atoms with van der Waals surface area (Å²) in [5, 5.41) is 10.5. The van der Waals surface area contributed by atoms with Crippen LogP contribution in [0.5, 0.6) is 0 Å². The van der Waals surface area contributed by atoms with Gasteiger partial charge in [-0.3, -0.25) is 37.3 Å². The molecule has 0 amide bonds. The third-order valence-corrected chi connectivity index (χ3v) is 17.4. The van der Waals surface area contributed by atoms with E-state index in [1.807, 2.05) is 0 Å². The maximum Gasteiger partial charge on any atom is 0.472 e. The van der Waals surface area contributed by atoms with Crippen molar-refractivity contribution in [2.75, 3.05) is 39.6 Å². The zero-order valence-electron chi connectivity index (χ0n) is 55.6. The summed E-state index contributed by atoms with van der Waals surface area (Å²) in [5.41, 5.74) is 0. The molecule has 0 aromatic heterocycles. The molecule has 0 aromatic rings. The Morgan fingerprint density at radius 3 is 0.791 bits per heavy atom. The summed E-state index contributed by atoms with van der Waals surface area (Å²) in [7, 11) is -9.89. The number of esters is 4. The van der Waals surface area contributed by atoms with Crippen molar-refractivity contribution in [1.82, 2.24) is 0 Å². The quantitative estimate of drug-likeness (QED) is 0.0222. The lowest BCUT2D eigenvalue weighted by Gasteiger charge is -2.21. The molecule has 0 saturated heterocycles. The van der Waals surface area contributed by atoms with Crippen molar-refractivity contribution in [3.63, 3.8) is 0 Å². The minimum absolute atomic E-state index is 0.106. The van der Waals surface area contributed by atoms with E-state index in [4.69, 9.17) is 37.0 Å². The number of rotatable bonds is 66. The largest absolute Gasteiger partial charge is 0.472 e. The summed E-state index contributed by atoms with van der Waals surface area (Å²) in [6.07, 6.45) is 43.2. The van der Waals surface area contributed by atoms with Crippen molar-refractivity contribution in [1.29, 1.82) is 0 Å². The summed E-state index contributed by atoms with van der Waals surface area (Å²) < 4.78 is 68.0. The van der Waals surface area contributed by atoms with Crippen molar-refractivity contribution >= 4 is 39.5 Å². The number of carbonyl (C=O) groups excluding carboxylic acids is 4. The van der Waals surface area contributed by atoms with E-state index in [2.05, 4.69) is 41.5 Å². The van der Waals surface area contributed by atoms with E-state index < -0.39 is 97.5 Å². The predicted molar refractivity (Wildman–Crippen MR) is 345 cm³/mol. The first-order chi connectivity index (χ1) is 41.4. The lowest BCUT2D eigenvalue weighted by molar-refractivity contribution is -0.161. The SMILES string of the molecule is CCCCCCCCCCCCC(=O)O[C@H](COC(=O)CCCCCCCCC)COP(=O)(O)OC[C@H](O)COP(=O)(O)OC[C@@H](COC(=O)CCCCCCCCCCC(C)C)OC(=O)CCCCCCCCCCCCCCCCCC(C)C. The average molecular weight is 1270 g/mol. The van der Waals surface area contributed by atoms with E-state index in [0.717, 1.165) is 115 Å². The molecule has 510 valence electrons. The molecule has 86 heavy (non-hydrogen) atoms. The fourth-order valence-corrected chi connectivity index (χ4v) is 11.6. The van der Waals surface area contributed by atoms with E-state index >= 15 is 0 Å². The van der Waals surface area contributed by atoms with Crippen molar-refractivity contribution in [2.45, 2.75) is 355 Å². The normalized spacial score (nSPS) is 14.2. The van der Waals surface area contributed by atoms with Crippen LogP contribution >= 0.6 is 15.6 Å². The van der Waals surface area contributed by atoms with E-state index in [0.29, 0.717) is 25.7 Å². The van der Waals surface area contributed by atoms with E-state index in [1.54, 1.807) is 0 Å². The Kier molecular flexibility index (Phi) is 58.0. The summed E-state index contributed by atoms with van der Waals surface area (Å²) >= 11 is 0. The van der Waals surface area contributed by atoms with Crippen LogP contribution < -0.4 is 0 Å². The summed E-state index contributed by atoms with van der Waals surface area (Å²) in [6, 6.07) is 0. The Hall–Kier alpha value is -1.94. The first kappa shape index (κ1) is 84.1. The molecule has 0 radical (unpaired) electrons. The number of hydrogen-bond donors (Lipinski definition) is 3. The van der Waals surface area contributed by atoms with Crippen LogP contribution in [0.15, 0.2) is 0 Å². The summed E-state index contributed by atoms with van der Waals surface area (Å²) in [5.74, 6) is -0.605. The third kappa shape index (κ3) is 60.9. The molecule has 0 aliphatic heterocycles. The molecule has 0 bridgehead atoms. The third-order valence-electron chi connectivity index (χ3n) is 15.5. The number of aliphatic hydroxyl groups is 1. The van der Waals surface area contributed by atoms with E-state index in [9.17, 15) is 43.2 Å². The van der Waals surface area contributed by atoms with Gasteiger partial charge in [-0.15, -0.1) is 0 Å². The maximum atomic E-state index is 13.0. The number of hydrogen-bond acceptors (Lipinski definition) is 15. The lowest BCUT2D eigenvalue weighted by atomic mass is 10.0. The molecule has 0 aliphatic rings. The van der Waals surface area contributed by atoms with Crippen LogP contribution in [0.25, 0.3) is 0 Å². The van der Waals surface area contributed by atoms with Crippen LogP contribution in [-0.2, 0) is 65.4 Å². The highest BCUT2D eigenvalue weighted by Gasteiger charge is 2.30. The smallest absolute Gasteiger partial charge is 0.462 e. The molecule has 3 N–H and O–H groups in total. The zero-order chi connectivity index (χ0) is 63.6. The molecular weight excluding hydrogens is 1140 g/mol. The Bertz CT molecular complexity index is 1680. The average Bonchev–Trinajstić information content (AvgIpc) is 3.63. The van der Waals surface area contributed by atoms with Gasteiger partial charge in [-0.1, -0.05) is 286 Å². The van der Waals surface area contributed by atoms with Crippen molar-refractivity contribution in [3.8, 4) is 0 Å². The summed E-state index contributed by atoms with van der Waals surface area (Å²) in [6.45, 7) is 9.47. The van der Waals surface area contributed by atoms with Gasteiger partial charge >= 0.3 is 39.5 Å². The second kappa shape index (κ2) is 59.4. The van der Waals surface area contributed by atoms with Crippen LogP contribution in [0, 0.1) is 11.8 Å².